The molecular formula is C18H22N2O5. The van der Waals surface area contributed by atoms with E-state index in [2.05, 4.69) is 0 Å². The van der Waals surface area contributed by atoms with E-state index in [0.29, 0.717) is 43.3 Å². The van der Waals surface area contributed by atoms with Crippen LogP contribution in [0.1, 0.15) is 25.8 Å². The Morgan fingerprint density at radius 2 is 1.84 bits per heavy atom. The van der Waals surface area contributed by atoms with Crippen LogP contribution >= 0.6 is 0 Å². The largest absolute Gasteiger partial charge is 0.420 e. The number of rotatable bonds is 3. The molecule has 1 amide bonds. The van der Waals surface area contributed by atoms with Gasteiger partial charge >= 0.3 is 5.76 Å². The van der Waals surface area contributed by atoms with Crippen molar-refractivity contribution in [3.05, 3.63) is 34.8 Å². The van der Waals surface area contributed by atoms with Gasteiger partial charge < -0.3 is 18.8 Å². The van der Waals surface area contributed by atoms with Gasteiger partial charge in [-0.1, -0.05) is 12.1 Å². The minimum atomic E-state index is -0.591. The van der Waals surface area contributed by atoms with Gasteiger partial charge in [-0.15, -0.1) is 0 Å². The summed E-state index contributed by atoms with van der Waals surface area (Å²) in [6.45, 7) is 4.36. The zero-order chi connectivity index (χ0) is 17.4. The van der Waals surface area contributed by atoms with Crippen molar-refractivity contribution < 1.29 is 18.7 Å². The Kier molecular flexibility index (Phi) is 4.35. The number of aromatic nitrogens is 1. The van der Waals surface area contributed by atoms with Crippen molar-refractivity contribution in [1.29, 1.82) is 0 Å². The number of fused-ring (bicyclic) bond motifs is 1. The van der Waals surface area contributed by atoms with Crippen molar-refractivity contribution in [2.24, 2.45) is 5.92 Å². The highest BCUT2D eigenvalue weighted by Crippen LogP contribution is 2.27. The second kappa shape index (κ2) is 6.65. The van der Waals surface area contributed by atoms with Crippen LogP contribution in [-0.2, 0) is 14.3 Å². The van der Waals surface area contributed by atoms with Gasteiger partial charge in [0.15, 0.2) is 11.9 Å². The second-order valence-corrected chi connectivity index (χ2v) is 6.65. The van der Waals surface area contributed by atoms with Gasteiger partial charge in [-0.2, -0.15) is 0 Å². The molecule has 3 heterocycles. The topological polar surface area (TPSA) is 73.9 Å². The fourth-order valence-corrected chi connectivity index (χ4v) is 3.77. The van der Waals surface area contributed by atoms with Crippen LogP contribution in [0.2, 0.25) is 0 Å². The second-order valence-electron chi connectivity index (χ2n) is 6.65. The lowest BCUT2D eigenvalue weighted by Gasteiger charge is -2.35. The minimum absolute atomic E-state index is 0.0552. The Morgan fingerprint density at radius 3 is 2.56 bits per heavy atom. The Labute approximate surface area is 145 Å². The van der Waals surface area contributed by atoms with E-state index in [1.54, 1.807) is 25.1 Å². The number of likely N-dealkylation sites (tertiary alicyclic amines) is 1. The summed E-state index contributed by atoms with van der Waals surface area (Å²) < 4.78 is 17.8. The van der Waals surface area contributed by atoms with Gasteiger partial charge in [0.2, 0.25) is 5.91 Å². The molecule has 1 aromatic heterocycles. The first-order chi connectivity index (χ1) is 12.1. The highest BCUT2D eigenvalue weighted by Gasteiger charge is 2.33. The zero-order valence-corrected chi connectivity index (χ0v) is 14.2. The van der Waals surface area contributed by atoms with E-state index in [-0.39, 0.29) is 12.2 Å². The Hall–Kier alpha value is -2.12. The average Bonchev–Trinajstić information content (AvgIpc) is 3.27. The third-order valence-electron chi connectivity index (χ3n) is 5.15. The number of hydrogen-bond acceptors (Lipinski definition) is 5. The molecule has 0 aliphatic carbocycles. The molecule has 7 heteroatoms. The number of oxazole rings is 1. The molecule has 1 atom stereocenters. The molecule has 0 bridgehead atoms. The molecule has 0 spiro atoms. The summed E-state index contributed by atoms with van der Waals surface area (Å²) >= 11 is 0. The van der Waals surface area contributed by atoms with Crippen LogP contribution in [0.3, 0.4) is 0 Å². The number of benzene rings is 1. The van der Waals surface area contributed by atoms with E-state index in [1.807, 2.05) is 11.0 Å². The van der Waals surface area contributed by atoms with Crippen molar-refractivity contribution in [2.75, 3.05) is 26.3 Å². The number of amides is 1. The van der Waals surface area contributed by atoms with Crippen molar-refractivity contribution in [2.45, 2.75) is 32.1 Å². The number of para-hydroxylation sites is 2. The molecule has 0 radical (unpaired) electrons. The fourth-order valence-electron chi connectivity index (χ4n) is 3.77. The minimum Gasteiger partial charge on any atom is -0.408 e. The maximum absolute atomic E-state index is 12.9. The van der Waals surface area contributed by atoms with E-state index in [0.717, 1.165) is 12.8 Å². The lowest BCUT2D eigenvalue weighted by atomic mass is 9.96. The molecule has 0 N–H and O–H groups in total. The van der Waals surface area contributed by atoms with Crippen molar-refractivity contribution in [3.8, 4) is 0 Å². The van der Waals surface area contributed by atoms with Crippen molar-refractivity contribution in [1.82, 2.24) is 9.47 Å². The standard InChI is InChI=1S/C18H22N2O5/c1-12(20-14-4-2-3-5-15(14)25-18(20)22)16(21)19-8-6-13(7-9-19)17-23-10-11-24-17/h2-5,12-13,17H,6-11H2,1H3. The molecule has 2 aliphatic heterocycles. The molecule has 2 saturated heterocycles. The third-order valence-corrected chi connectivity index (χ3v) is 5.15. The van der Waals surface area contributed by atoms with Crippen LogP contribution in [0, 0.1) is 5.92 Å². The fraction of sp³-hybridized carbons (Fsp3) is 0.556. The Bertz CT molecular complexity index is 812. The van der Waals surface area contributed by atoms with E-state index < -0.39 is 11.8 Å². The number of carbonyl (C=O) groups excluding carboxylic acids is 1. The maximum atomic E-state index is 12.9. The van der Waals surface area contributed by atoms with Gasteiger partial charge in [-0.25, -0.2) is 4.79 Å². The molecule has 2 aliphatic rings. The van der Waals surface area contributed by atoms with Gasteiger partial charge in [-0.05, 0) is 31.9 Å². The summed E-state index contributed by atoms with van der Waals surface area (Å²) in [4.78, 5) is 26.9. The van der Waals surface area contributed by atoms with Crippen molar-refractivity contribution in [3.63, 3.8) is 0 Å². The van der Waals surface area contributed by atoms with Gasteiger partial charge in [0.1, 0.15) is 6.04 Å². The summed E-state index contributed by atoms with van der Waals surface area (Å²) in [5.74, 6) is -0.218. The third kappa shape index (κ3) is 2.98. The van der Waals surface area contributed by atoms with Crippen LogP contribution in [0.15, 0.2) is 33.5 Å². The molecule has 0 saturated carbocycles. The summed E-state index contributed by atoms with van der Waals surface area (Å²) in [6.07, 6.45) is 1.57. The molecule has 2 fully saturated rings. The van der Waals surface area contributed by atoms with Crippen LogP contribution in [-0.4, -0.2) is 48.0 Å². The van der Waals surface area contributed by atoms with Crippen LogP contribution in [0.5, 0.6) is 0 Å². The highest BCUT2D eigenvalue weighted by molar-refractivity contribution is 5.83. The van der Waals surface area contributed by atoms with Gasteiger partial charge in [0.25, 0.3) is 0 Å². The van der Waals surface area contributed by atoms with Gasteiger partial charge in [-0.3, -0.25) is 9.36 Å². The van der Waals surface area contributed by atoms with Crippen LogP contribution in [0.25, 0.3) is 11.1 Å². The molecule has 134 valence electrons. The number of nitrogens with zero attached hydrogens (tertiary/aromatic N) is 2. The number of ether oxygens (including phenoxy) is 2. The molecule has 25 heavy (non-hydrogen) atoms. The smallest absolute Gasteiger partial charge is 0.408 e. The van der Waals surface area contributed by atoms with Gasteiger partial charge in [0.05, 0.1) is 18.7 Å². The molecule has 2 aromatic rings. The first-order valence-corrected chi connectivity index (χ1v) is 8.77. The van der Waals surface area contributed by atoms with Crippen LogP contribution < -0.4 is 5.76 Å². The number of piperidine rings is 1. The molecule has 7 nitrogen and oxygen atoms in total. The summed E-state index contributed by atoms with van der Waals surface area (Å²) in [7, 11) is 0. The molecule has 4 rings (SSSR count). The highest BCUT2D eigenvalue weighted by atomic mass is 16.7. The first kappa shape index (κ1) is 16.4. The number of carbonyl (C=O) groups is 1. The van der Waals surface area contributed by atoms with E-state index >= 15 is 0 Å². The number of hydrogen-bond donors (Lipinski definition) is 0. The molecule has 1 unspecified atom stereocenters. The molecular weight excluding hydrogens is 324 g/mol. The zero-order valence-electron chi connectivity index (χ0n) is 14.2. The maximum Gasteiger partial charge on any atom is 0.420 e. The van der Waals surface area contributed by atoms with Gasteiger partial charge in [0, 0.05) is 19.0 Å². The molecule has 1 aromatic carbocycles. The average molecular weight is 346 g/mol. The van der Waals surface area contributed by atoms with Crippen molar-refractivity contribution >= 4 is 17.0 Å². The quantitative estimate of drug-likeness (QED) is 0.847. The lowest BCUT2D eigenvalue weighted by molar-refractivity contribution is -0.139. The summed E-state index contributed by atoms with van der Waals surface area (Å²) in [6, 6.07) is 6.58. The van der Waals surface area contributed by atoms with Crippen LogP contribution in [0.4, 0.5) is 0 Å². The summed E-state index contributed by atoms with van der Waals surface area (Å²) in [5.41, 5.74) is 1.15. The normalized spacial score (nSPS) is 21.1. The predicted octanol–water partition coefficient (Wildman–Crippen LogP) is 1.77. The monoisotopic (exact) mass is 346 g/mol. The lowest BCUT2D eigenvalue weighted by Crippen LogP contribution is -2.44. The van der Waals surface area contributed by atoms with E-state index in [9.17, 15) is 9.59 Å². The Morgan fingerprint density at radius 1 is 1.16 bits per heavy atom. The predicted molar refractivity (Wildman–Crippen MR) is 90.2 cm³/mol. The summed E-state index contributed by atoms with van der Waals surface area (Å²) in [5, 5.41) is 0. The SMILES string of the molecule is CC(C(=O)N1CCC(C2OCCO2)CC1)n1c(=O)oc2ccccc21. The first-order valence-electron chi connectivity index (χ1n) is 8.77. The van der Waals surface area contributed by atoms with E-state index in [4.69, 9.17) is 13.9 Å². The Balaban J connectivity index is 1.47. The van der Waals surface area contributed by atoms with E-state index in [1.165, 1.54) is 4.57 Å².